The first-order valence-corrected chi connectivity index (χ1v) is 7.51. The van der Waals surface area contributed by atoms with Crippen molar-refractivity contribution in [3.05, 3.63) is 35.6 Å². The molecule has 2 N–H and O–H groups in total. The van der Waals surface area contributed by atoms with E-state index < -0.39 is 15.6 Å². The maximum Gasteiger partial charge on any atom is 0.209 e. The van der Waals surface area contributed by atoms with Crippen LogP contribution in [0.5, 0.6) is 0 Å². The molecule has 4 nitrogen and oxygen atoms in total. The summed E-state index contributed by atoms with van der Waals surface area (Å²) in [6.07, 6.45) is 1.13. The van der Waals surface area contributed by atoms with Crippen LogP contribution < -0.4 is 10.0 Å². The normalized spacial score (nSPS) is 12.7. The van der Waals surface area contributed by atoms with E-state index in [9.17, 15) is 12.8 Å². The Hall–Kier alpha value is -0.980. The fourth-order valence-corrected chi connectivity index (χ4v) is 2.78. The first-order chi connectivity index (χ1) is 8.18. The molecule has 0 unspecified atom stereocenters. The minimum absolute atomic E-state index is 0.275. The Kier molecular flexibility index (Phi) is 4.84. The molecule has 0 saturated heterocycles. The Morgan fingerprint density at radius 3 is 2.56 bits per heavy atom. The van der Waals surface area contributed by atoms with E-state index in [2.05, 4.69) is 10.0 Å². The molecule has 1 aromatic rings. The van der Waals surface area contributed by atoms with Gasteiger partial charge in [-0.05, 0) is 31.5 Å². The first kappa shape index (κ1) is 15.1. The fourth-order valence-electron chi connectivity index (χ4n) is 1.70. The number of halogens is 1. The lowest BCUT2D eigenvalue weighted by Gasteiger charge is -2.25. The third-order valence-electron chi connectivity index (χ3n) is 2.25. The molecular weight excluding hydrogens is 255 g/mol. The van der Waals surface area contributed by atoms with Crippen molar-refractivity contribution in [2.24, 2.45) is 0 Å². The number of sulfonamides is 1. The smallest absolute Gasteiger partial charge is 0.209 e. The van der Waals surface area contributed by atoms with Crippen molar-refractivity contribution in [1.29, 1.82) is 0 Å². The Morgan fingerprint density at radius 2 is 2.00 bits per heavy atom. The summed E-state index contributed by atoms with van der Waals surface area (Å²) in [5.41, 5.74) is 0.242. The topological polar surface area (TPSA) is 58.2 Å². The average Bonchev–Trinajstić information content (AvgIpc) is 2.13. The Bertz CT molecular complexity index is 501. The molecule has 0 radical (unpaired) electrons. The second kappa shape index (κ2) is 5.77. The molecule has 0 aliphatic rings. The zero-order valence-corrected chi connectivity index (χ0v) is 11.6. The summed E-state index contributed by atoms with van der Waals surface area (Å²) < 4.78 is 37.7. The van der Waals surface area contributed by atoms with Gasteiger partial charge in [0.25, 0.3) is 0 Å². The summed E-state index contributed by atoms with van der Waals surface area (Å²) in [6.45, 7) is 4.52. The van der Waals surface area contributed by atoms with Gasteiger partial charge < -0.3 is 5.32 Å². The van der Waals surface area contributed by atoms with Crippen molar-refractivity contribution in [2.45, 2.75) is 25.9 Å². The standard InChI is InChI=1S/C12H19FN2O2S/c1-12(2,15-18(3,16)17)9-14-8-10-5-4-6-11(13)7-10/h4-7,14-15H,8-9H2,1-3H3. The van der Waals surface area contributed by atoms with Crippen LogP contribution in [-0.4, -0.2) is 26.8 Å². The molecule has 18 heavy (non-hydrogen) atoms. The average molecular weight is 274 g/mol. The number of hydrogen-bond acceptors (Lipinski definition) is 3. The molecular formula is C12H19FN2O2S. The summed E-state index contributed by atoms with van der Waals surface area (Å²) >= 11 is 0. The van der Waals surface area contributed by atoms with Gasteiger partial charge in [0, 0.05) is 18.6 Å². The van der Waals surface area contributed by atoms with Crippen LogP contribution in [0.15, 0.2) is 24.3 Å². The van der Waals surface area contributed by atoms with Crippen LogP contribution in [0.2, 0.25) is 0 Å². The quantitative estimate of drug-likeness (QED) is 0.820. The van der Waals surface area contributed by atoms with Gasteiger partial charge in [-0.25, -0.2) is 17.5 Å². The summed E-state index contributed by atoms with van der Waals surface area (Å²) in [5, 5.41) is 3.10. The second-order valence-electron chi connectivity index (χ2n) is 4.99. The van der Waals surface area contributed by atoms with Crippen LogP contribution in [-0.2, 0) is 16.6 Å². The van der Waals surface area contributed by atoms with E-state index in [1.165, 1.54) is 12.1 Å². The Morgan fingerprint density at radius 1 is 1.33 bits per heavy atom. The van der Waals surface area contributed by atoms with Crippen LogP contribution in [0.4, 0.5) is 4.39 Å². The Labute approximate surface area is 108 Å². The molecule has 1 rings (SSSR count). The van der Waals surface area contributed by atoms with Crippen molar-refractivity contribution < 1.29 is 12.8 Å². The van der Waals surface area contributed by atoms with Crippen molar-refractivity contribution in [1.82, 2.24) is 10.0 Å². The van der Waals surface area contributed by atoms with Crippen LogP contribution in [0, 0.1) is 5.82 Å². The van der Waals surface area contributed by atoms with Gasteiger partial charge in [-0.1, -0.05) is 12.1 Å². The predicted molar refractivity (Wildman–Crippen MR) is 70.2 cm³/mol. The fraction of sp³-hybridized carbons (Fsp3) is 0.500. The van der Waals surface area contributed by atoms with Gasteiger partial charge in [-0.3, -0.25) is 0 Å². The zero-order valence-electron chi connectivity index (χ0n) is 10.8. The van der Waals surface area contributed by atoms with Gasteiger partial charge in [0.2, 0.25) is 10.0 Å². The molecule has 0 amide bonds. The van der Waals surface area contributed by atoms with Gasteiger partial charge in [0.15, 0.2) is 0 Å². The minimum atomic E-state index is -3.23. The van der Waals surface area contributed by atoms with E-state index >= 15 is 0 Å². The lowest BCUT2D eigenvalue weighted by Crippen LogP contribution is -2.49. The molecule has 0 bridgehead atoms. The van der Waals surface area contributed by atoms with E-state index in [0.717, 1.165) is 11.8 Å². The lowest BCUT2D eigenvalue weighted by molar-refractivity contribution is 0.421. The van der Waals surface area contributed by atoms with Crippen molar-refractivity contribution in [3.8, 4) is 0 Å². The summed E-state index contributed by atoms with van der Waals surface area (Å²) in [7, 11) is -3.23. The minimum Gasteiger partial charge on any atom is -0.311 e. The maximum atomic E-state index is 12.9. The molecule has 0 saturated carbocycles. The Balaban J connectivity index is 2.46. The number of hydrogen-bond donors (Lipinski definition) is 2. The third kappa shape index (κ3) is 6.09. The van der Waals surface area contributed by atoms with E-state index in [0.29, 0.717) is 13.1 Å². The molecule has 1 aromatic carbocycles. The number of nitrogens with one attached hydrogen (secondary N) is 2. The van der Waals surface area contributed by atoms with E-state index in [4.69, 9.17) is 0 Å². The summed E-state index contributed by atoms with van der Waals surface area (Å²) in [5.74, 6) is -0.275. The summed E-state index contributed by atoms with van der Waals surface area (Å²) in [6, 6.07) is 6.29. The molecule has 6 heteroatoms. The van der Waals surface area contributed by atoms with E-state index in [1.807, 2.05) is 6.07 Å². The van der Waals surface area contributed by atoms with Gasteiger partial charge in [0.1, 0.15) is 5.82 Å². The SMILES string of the molecule is CC(C)(CNCc1cccc(F)c1)NS(C)(=O)=O. The second-order valence-corrected chi connectivity index (χ2v) is 6.74. The maximum absolute atomic E-state index is 12.9. The van der Waals surface area contributed by atoms with Crippen LogP contribution in [0.25, 0.3) is 0 Å². The predicted octanol–water partition coefficient (Wildman–Crippen LogP) is 1.24. The zero-order chi connectivity index (χ0) is 13.8. The number of benzene rings is 1. The molecule has 0 spiro atoms. The molecule has 0 aliphatic carbocycles. The third-order valence-corrected chi connectivity index (χ3v) is 3.17. The highest BCUT2D eigenvalue weighted by Gasteiger charge is 2.21. The van der Waals surface area contributed by atoms with Crippen LogP contribution in [0.3, 0.4) is 0 Å². The van der Waals surface area contributed by atoms with Crippen LogP contribution in [0.1, 0.15) is 19.4 Å². The lowest BCUT2D eigenvalue weighted by atomic mass is 10.1. The van der Waals surface area contributed by atoms with Crippen molar-refractivity contribution >= 4 is 10.0 Å². The molecule has 0 fully saturated rings. The highest BCUT2D eigenvalue weighted by atomic mass is 32.2. The molecule has 0 heterocycles. The highest BCUT2D eigenvalue weighted by Crippen LogP contribution is 2.05. The molecule has 102 valence electrons. The molecule has 0 atom stereocenters. The number of rotatable bonds is 6. The van der Waals surface area contributed by atoms with Crippen LogP contribution >= 0.6 is 0 Å². The highest BCUT2D eigenvalue weighted by molar-refractivity contribution is 7.88. The molecule has 0 aromatic heterocycles. The van der Waals surface area contributed by atoms with Crippen molar-refractivity contribution in [3.63, 3.8) is 0 Å². The van der Waals surface area contributed by atoms with Gasteiger partial charge >= 0.3 is 0 Å². The van der Waals surface area contributed by atoms with Gasteiger partial charge in [0.05, 0.1) is 6.26 Å². The van der Waals surface area contributed by atoms with E-state index in [1.54, 1.807) is 19.9 Å². The van der Waals surface area contributed by atoms with Gasteiger partial charge in [-0.2, -0.15) is 0 Å². The van der Waals surface area contributed by atoms with E-state index in [-0.39, 0.29) is 5.82 Å². The van der Waals surface area contributed by atoms with Crippen molar-refractivity contribution in [2.75, 3.05) is 12.8 Å². The summed E-state index contributed by atoms with van der Waals surface area (Å²) in [4.78, 5) is 0. The monoisotopic (exact) mass is 274 g/mol. The largest absolute Gasteiger partial charge is 0.311 e. The molecule has 0 aliphatic heterocycles. The first-order valence-electron chi connectivity index (χ1n) is 5.62. The van der Waals surface area contributed by atoms with Gasteiger partial charge in [-0.15, -0.1) is 0 Å².